The topological polar surface area (TPSA) is 71.4 Å². The first-order chi connectivity index (χ1) is 10.7. The van der Waals surface area contributed by atoms with Crippen molar-refractivity contribution in [3.8, 4) is 0 Å². The first-order valence-corrected chi connectivity index (χ1v) is 8.61. The predicted molar refractivity (Wildman–Crippen MR) is 88.4 cm³/mol. The van der Waals surface area contributed by atoms with E-state index >= 15 is 0 Å². The minimum Gasteiger partial charge on any atom is -0.338 e. The molecule has 2 aromatic rings. The molecule has 0 spiro atoms. The first-order valence-electron chi connectivity index (χ1n) is 7.73. The van der Waals surface area contributed by atoms with Crippen LogP contribution in [0.1, 0.15) is 30.4 Å². The molecule has 0 unspecified atom stereocenters. The summed E-state index contributed by atoms with van der Waals surface area (Å²) in [5, 5.41) is 6.12. The minimum atomic E-state index is 0.289. The Labute approximate surface area is 135 Å². The molecule has 0 fully saturated rings. The quantitative estimate of drug-likeness (QED) is 0.720. The van der Waals surface area contributed by atoms with E-state index in [9.17, 15) is 0 Å². The molecule has 2 N–H and O–H groups in total. The molecule has 0 saturated heterocycles. The number of thiophene rings is 1. The van der Waals surface area contributed by atoms with Crippen LogP contribution in [-0.4, -0.2) is 46.1 Å². The second kappa shape index (κ2) is 8.99. The van der Waals surface area contributed by atoms with Crippen molar-refractivity contribution in [1.29, 1.82) is 0 Å². The van der Waals surface area contributed by atoms with E-state index in [4.69, 9.17) is 10.3 Å². The van der Waals surface area contributed by atoms with Crippen molar-refractivity contribution in [3.05, 3.63) is 34.1 Å². The number of likely N-dealkylation sites (N-methyl/N-ethyl adjacent to an activating group) is 1. The average molecular weight is 323 g/mol. The van der Waals surface area contributed by atoms with Crippen molar-refractivity contribution < 1.29 is 4.52 Å². The molecule has 0 aliphatic rings. The van der Waals surface area contributed by atoms with Crippen LogP contribution in [0, 0.1) is 0 Å². The Morgan fingerprint density at radius 1 is 1.18 bits per heavy atom. The van der Waals surface area contributed by atoms with Crippen LogP contribution in [0.2, 0.25) is 0 Å². The largest absolute Gasteiger partial charge is 0.338 e. The molecule has 2 aromatic heterocycles. The van der Waals surface area contributed by atoms with Gasteiger partial charge in [-0.15, -0.1) is 11.3 Å². The molecule has 7 heteroatoms. The zero-order chi connectivity index (χ0) is 15.8. The van der Waals surface area contributed by atoms with E-state index in [1.54, 1.807) is 11.3 Å². The van der Waals surface area contributed by atoms with Gasteiger partial charge in [-0.25, -0.2) is 0 Å². The number of aromatic nitrogens is 2. The van der Waals surface area contributed by atoms with Gasteiger partial charge in [0.15, 0.2) is 5.82 Å². The second-order valence-electron chi connectivity index (χ2n) is 5.13. The highest BCUT2D eigenvalue weighted by atomic mass is 32.1. The lowest BCUT2D eigenvalue weighted by Gasteiger charge is -2.25. The van der Waals surface area contributed by atoms with Crippen molar-refractivity contribution >= 4 is 11.3 Å². The molecule has 122 valence electrons. The van der Waals surface area contributed by atoms with Gasteiger partial charge in [0, 0.05) is 24.5 Å². The van der Waals surface area contributed by atoms with Crippen LogP contribution in [0.4, 0.5) is 0 Å². The molecule has 2 rings (SSSR count). The summed E-state index contributed by atoms with van der Waals surface area (Å²) >= 11 is 1.78. The molecule has 2 heterocycles. The van der Waals surface area contributed by atoms with Gasteiger partial charge in [0.05, 0.1) is 13.1 Å². The van der Waals surface area contributed by atoms with E-state index in [0.717, 1.165) is 32.7 Å². The van der Waals surface area contributed by atoms with E-state index < -0.39 is 0 Å². The van der Waals surface area contributed by atoms with Gasteiger partial charge in [-0.1, -0.05) is 25.1 Å². The molecule has 22 heavy (non-hydrogen) atoms. The summed E-state index contributed by atoms with van der Waals surface area (Å²) in [6, 6.07) is 4.25. The molecule has 0 amide bonds. The van der Waals surface area contributed by atoms with Crippen LogP contribution in [-0.2, 0) is 19.6 Å². The maximum Gasteiger partial charge on any atom is 0.240 e. The lowest BCUT2D eigenvalue weighted by atomic mass is 10.3. The van der Waals surface area contributed by atoms with Crippen LogP contribution in [0.3, 0.4) is 0 Å². The van der Waals surface area contributed by atoms with Crippen LogP contribution < -0.4 is 5.73 Å². The molecule has 0 aliphatic carbocycles. The van der Waals surface area contributed by atoms with Gasteiger partial charge >= 0.3 is 0 Å². The molecule has 0 aromatic carbocycles. The van der Waals surface area contributed by atoms with Crippen molar-refractivity contribution in [2.45, 2.75) is 33.5 Å². The number of nitrogens with two attached hydrogens (primary N) is 1. The average Bonchev–Trinajstić information content (AvgIpc) is 3.19. The van der Waals surface area contributed by atoms with Crippen molar-refractivity contribution in [3.63, 3.8) is 0 Å². The first kappa shape index (κ1) is 17.1. The highest BCUT2D eigenvalue weighted by Crippen LogP contribution is 2.13. The van der Waals surface area contributed by atoms with Gasteiger partial charge in [0.2, 0.25) is 5.89 Å². The Morgan fingerprint density at radius 3 is 2.55 bits per heavy atom. The standard InChI is InChI=1S/C15H25N5OS/c1-3-19(4-2)7-8-20(11-13-6-5-9-22-13)12-14-17-15(10-16)21-18-14/h5-6,9H,3-4,7-8,10-12,16H2,1-2H3. The zero-order valence-corrected chi connectivity index (χ0v) is 14.2. The summed E-state index contributed by atoms with van der Waals surface area (Å²) in [6.07, 6.45) is 0. The van der Waals surface area contributed by atoms with Crippen LogP contribution in [0.15, 0.2) is 22.0 Å². The Kier molecular flexibility index (Phi) is 6.98. The van der Waals surface area contributed by atoms with Crippen LogP contribution in [0.25, 0.3) is 0 Å². The maximum absolute atomic E-state index is 5.52. The number of hydrogen-bond acceptors (Lipinski definition) is 7. The third kappa shape index (κ3) is 5.17. The summed E-state index contributed by atoms with van der Waals surface area (Å²) in [5.41, 5.74) is 5.52. The zero-order valence-electron chi connectivity index (χ0n) is 13.4. The van der Waals surface area contributed by atoms with Gasteiger partial charge < -0.3 is 15.2 Å². The number of rotatable bonds is 10. The summed E-state index contributed by atoms with van der Waals surface area (Å²) in [5.74, 6) is 1.20. The third-order valence-corrected chi connectivity index (χ3v) is 4.50. The van der Waals surface area contributed by atoms with Gasteiger partial charge in [0.25, 0.3) is 0 Å². The predicted octanol–water partition coefficient (Wildman–Crippen LogP) is 1.93. The highest BCUT2D eigenvalue weighted by molar-refractivity contribution is 7.09. The van der Waals surface area contributed by atoms with Gasteiger partial charge in [0.1, 0.15) is 0 Å². The van der Waals surface area contributed by atoms with Gasteiger partial charge in [-0.05, 0) is 24.5 Å². The van der Waals surface area contributed by atoms with Crippen LogP contribution in [0.5, 0.6) is 0 Å². The summed E-state index contributed by atoms with van der Waals surface area (Å²) < 4.78 is 5.10. The summed E-state index contributed by atoms with van der Waals surface area (Å²) in [6.45, 7) is 10.4. The molecule has 0 radical (unpaired) electrons. The Bertz CT molecular complexity index is 524. The fourth-order valence-corrected chi connectivity index (χ4v) is 3.04. The van der Waals surface area contributed by atoms with Gasteiger partial charge in [-0.2, -0.15) is 4.98 Å². The fourth-order valence-electron chi connectivity index (χ4n) is 2.30. The highest BCUT2D eigenvalue weighted by Gasteiger charge is 2.13. The van der Waals surface area contributed by atoms with E-state index in [-0.39, 0.29) is 6.54 Å². The molecule has 0 bridgehead atoms. The Hall–Kier alpha value is -1.28. The summed E-state index contributed by atoms with van der Waals surface area (Å²) in [4.78, 5) is 10.4. The molecule has 0 saturated carbocycles. The van der Waals surface area contributed by atoms with Crippen LogP contribution >= 0.6 is 11.3 Å². The number of hydrogen-bond donors (Lipinski definition) is 1. The minimum absolute atomic E-state index is 0.289. The van der Waals surface area contributed by atoms with Crippen molar-refractivity contribution in [2.75, 3.05) is 26.2 Å². The van der Waals surface area contributed by atoms with Gasteiger partial charge in [-0.3, -0.25) is 4.90 Å². The molecular weight excluding hydrogens is 298 g/mol. The van der Waals surface area contributed by atoms with E-state index in [1.807, 2.05) is 0 Å². The SMILES string of the molecule is CCN(CC)CCN(Cc1noc(CN)n1)Cc1cccs1. The summed E-state index contributed by atoms with van der Waals surface area (Å²) in [7, 11) is 0. The lowest BCUT2D eigenvalue weighted by molar-refractivity contribution is 0.198. The monoisotopic (exact) mass is 323 g/mol. The normalized spacial score (nSPS) is 11.7. The smallest absolute Gasteiger partial charge is 0.240 e. The Morgan fingerprint density at radius 2 is 1.95 bits per heavy atom. The van der Waals surface area contributed by atoms with E-state index in [2.05, 4.69) is 51.3 Å². The van der Waals surface area contributed by atoms with E-state index in [1.165, 1.54) is 4.88 Å². The van der Waals surface area contributed by atoms with Crippen molar-refractivity contribution in [1.82, 2.24) is 19.9 Å². The molecule has 0 atom stereocenters. The third-order valence-electron chi connectivity index (χ3n) is 3.64. The Balaban J connectivity index is 1.97. The van der Waals surface area contributed by atoms with Crippen molar-refractivity contribution in [2.24, 2.45) is 5.73 Å². The molecule has 6 nitrogen and oxygen atoms in total. The lowest BCUT2D eigenvalue weighted by Crippen LogP contribution is -2.34. The molecular formula is C15H25N5OS. The molecule has 0 aliphatic heterocycles. The number of nitrogens with zero attached hydrogens (tertiary/aromatic N) is 4. The second-order valence-corrected chi connectivity index (χ2v) is 6.16. The fraction of sp³-hybridized carbons (Fsp3) is 0.600. The van der Waals surface area contributed by atoms with E-state index in [0.29, 0.717) is 18.3 Å². The maximum atomic E-state index is 5.52.